The third-order valence-corrected chi connectivity index (χ3v) is 8.30. The third-order valence-electron chi connectivity index (χ3n) is 4.90. The summed E-state index contributed by atoms with van der Waals surface area (Å²) < 4.78 is 39.4. The zero-order valence-electron chi connectivity index (χ0n) is 16.4. The second-order valence-electron chi connectivity index (χ2n) is 7.20. The second-order valence-corrected chi connectivity index (χ2v) is 10.8. The summed E-state index contributed by atoms with van der Waals surface area (Å²) in [5.74, 6) is -3.45. The quantitative estimate of drug-likeness (QED) is 0.488. The normalized spacial score (nSPS) is 13.9. The van der Waals surface area contributed by atoms with Gasteiger partial charge in [-0.1, -0.05) is 29.8 Å². The number of ketones is 1. The standard InChI is InChI=1S/C22H15ClFNO5S2/c23-15-5-4-14-10-20(27)25(22(28)17(14)11-15)19-6-3-13(9-18(19)24)8-16(26)12-32(29,30)21-2-1-7-31-21/h1-7,9,11H,8,10,12H2. The molecule has 0 spiro atoms. The van der Waals surface area contributed by atoms with Crippen LogP contribution in [0.25, 0.3) is 0 Å². The Morgan fingerprint density at radius 3 is 2.59 bits per heavy atom. The average molecular weight is 492 g/mol. The van der Waals surface area contributed by atoms with Gasteiger partial charge in [0.05, 0.1) is 12.1 Å². The Morgan fingerprint density at radius 2 is 1.91 bits per heavy atom. The predicted molar refractivity (Wildman–Crippen MR) is 118 cm³/mol. The van der Waals surface area contributed by atoms with Crippen LogP contribution in [0.2, 0.25) is 5.02 Å². The van der Waals surface area contributed by atoms with Crippen molar-refractivity contribution in [1.82, 2.24) is 0 Å². The number of sulfone groups is 1. The number of nitrogens with zero attached hydrogens (tertiary/aromatic N) is 1. The van der Waals surface area contributed by atoms with Crippen molar-refractivity contribution in [2.24, 2.45) is 0 Å². The maximum absolute atomic E-state index is 14.8. The van der Waals surface area contributed by atoms with Crippen LogP contribution in [-0.2, 0) is 32.3 Å². The van der Waals surface area contributed by atoms with Gasteiger partial charge in [0, 0.05) is 17.0 Å². The van der Waals surface area contributed by atoms with E-state index < -0.39 is 39.0 Å². The average Bonchev–Trinajstić information content (AvgIpc) is 3.26. The van der Waals surface area contributed by atoms with Crippen molar-refractivity contribution in [2.75, 3.05) is 10.7 Å². The van der Waals surface area contributed by atoms with E-state index in [1.165, 1.54) is 24.3 Å². The zero-order valence-corrected chi connectivity index (χ0v) is 18.8. The molecule has 0 saturated heterocycles. The molecule has 3 aromatic rings. The number of Topliss-reactive ketones (excluding diaryl/α,β-unsaturated/α-hetero) is 1. The van der Waals surface area contributed by atoms with Crippen molar-refractivity contribution in [1.29, 1.82) is 0 Å². The number of imide groups is 1. The minimum absolute atomic E-state index is 0.0848. The van der Waals surface area contributed by atoms with Crippen LogP contribution in [0.5, 0.6) is 0 Å². The van der Waals surface area contributed by atoms with Gasteiger partial charge in [-0.3, -0.25) is 14.4 Å². The molecule has 0 saturated carbocycles. The van der Waals surface area contributed by atoms with Crippen LogP contribution >= 0.6 is 22.9 Å². The molecule has 6 nitrogen and oxygen atoms in total. The van der Waals surface area contributed by atoms with E-state index in [4.69, 9.17) is 11.6 Å². The van der Waals surface area contributed by atoms with Crippen LogP contribution in [0.3, 0.4) is 0 Å². The lowest BCUT2D eigenvalue weighted by Gasteiger charge is -2.27. The smallest absolute Gasteiger partial charge is 0.265 e. The zero-order chi connectivity index (χ0) is 23.0. The molecule has 0 aliphatic carbocycles. The monoisotopic (exact) mass is 491 g/mol. The molecular formula is C22H15ClFNO5S2. The number of benzene rings is 2. The summed E-state index contributed by atoms with van der Waals surface area (Å²) in [7, 11) is -3.75. The molecule has 0 fully saturated rings. The van der Waals surface area contributed by atoms with Gasteiger partial charge in [-0.2, -0.15) is 0 Å². The first-order valence-corrected chi connectivity index (χ1v) is 12.3. The van der Waals surface area contributed by atoms with Gasteiger partial charge in [0.1, 0.15) is 15.8 Å². The van der Waals surface area contributed by atoms with Gasteiger partial charge in [-0.05, 0) is 46.8 Å². The number of halogens is 2. The molecule has 1 aromatic heterocycles. The Kier molecular flexibility index (Phi) is 5.98. The Morgan fingerprint density at radius 1 is 1.12 bits per heavy atom. The largest absolute Gasteiger partial charge is 0.298 e. The molecule has 0 unspecified atom stereocenters. The number of fused-ring (bicyclic) bond motifs is 1. The summed E-state index contributed by atoms with van der Waals surface area (Å²) in [6, 6.07) is 11.2. The van der Waals surface area contributed by atoms with E-state index in [1.807, 2.05) is 0 Å². The number of anilines is 1. The SMILES string of the molecule is O=C(Cc1ccc(N2C(=O)Cc3ccc(Cl)cc3C2=O)c(F)c1)CS(=O)(=O)c1cccs1. The Labute approximate surface area is 192 Å². The van der Waals surface area contributed by atoms with Gasteiger partial charge in [-0.25, -0.2) is 17.7 Å². The molecule has 164 valence electrons. The maximum Gasteiger partial charge on any atom is 0.265 e. The summed E-state index contributed by atoms with van der Waals surface area (Å²) >= 11 is 6.96. The minimum atomic E-state index is -3.75. The maximum atomic E-state index is 14.8. The molecule has 4 rings (SSSR count). The molecule has 10 heteroatoms. The predicted octanol–water partition coefficient (Wildman–Crippen LogP) is 3.86. The Hall–Kier alpha value is -2.88. The number of hydrogen-bond acceptors (Lipinski definition) is 6. The van der Waals surface area contributed by atoms with Crippen molar-refractivity contribution in [3.05, 3.63) is 81.4 Å². The number of amides is 2. The van der Waals surface area contributed by atoms with Crippen molar-refractivity contribution in [2.45, 2.75) is 17.1 Å². The van der Waals surface area contributed by atoms with Crippen LogP contribution in [0.15, 0.2) is 58.1 Å². The van der Waals surface area contributed by atoms with Crippen molar-refractivity contribution < 1.29 is 27.2 Å². The fraction of sp³-hybridized carbons (Fsp3) is 0.136. The lowest BCUT2D eigenvalue weighted by molar-refractivity contribution is -0.118. The Balaban J connectivity index is 1.54. The molecule has 0 atom stereocenters. The number of thiophene rings is 1. The van der Waals surface area contributed by atoms with Gasteiger partial charge in [0.2, 0.25) is 5.91 Å². The van der Waals surface area contributed by atoms with Gasteiger partial charge < -0.3 is 0 Å². The Bertz CT molecular complexity index is 1350. The molecule has 0 radical (unpaired) electrons. The lowest BCUT2D eigenvalue weighted by atomic mass is 9.97. The van der Waals surface area contributed by atoms with Gasteiger partial charge in [0.25, 0.3) is 5.91 Å². The van der Waals surface area contributed by atoms with Crippen molar-refractivity contribution in [3.63, 3.8) is 0 Å². The second kappa shape index (κ2) is 8.57. The minimum Gasteiger partial charge on any atom is -0.298 e. The lowest BCUT2D eigenvalue weighted by Crippen LogP contribution is -2.43. The molecule has 1 aliphatic heterocycles. The summed E-state index contributed by atoms with van der Waals surface area (Å²) in [6.07, 6.45) is -0.388. The first-order valence-electron chi connectivity index (χ1n) is 9.38. The summed E-state index contributed by atoms with van der Waals surface area (Å²) in [5, 5.41) is 1.92. The van der Waals surface area contributed by atoms with Crippen LogP contribution in [-0.4, -0.2) is 31.8 Å². The first-order chi connectivity index (χ1) is 15.2. The van der Waals surface area contributed by atoms with E-state index in [9.17, 15) is 27.2 Å². The number of hydrogen-bond donors (Lipinski definition) is 0. The van der Waals surface area contributed by atoms with E-state index in [-0.39, 0.29) is 33.9 Å². The highest BCUT2D eigenvalue weighted by Crippen LogP contribution is 2.30. The highest BCUT2D eigenvalue weighted by atomic mass is 35.5. The van der Waals surface area contributed by atoms with Crippen LogP contribution < -0.4 is 4.90 Å². The van der Waals surface area contributed by atoms with E-state index in [2.05, 4.69) is 0 Å². The molecule has 2 aromatic carbocycles. The number of rotatable bonds is 6. The molecule has 0 bridgehead atoms. The fourth-order valence-electron chi connectivity index (χ4n) is 3.47. The van der Waals surface area contributed by atoms with Crippen molar-refractivity contribution >= 4 is 56.1 Å². The van der Waals surface area contributed by atoms with Crippen LogP contribution in [0.1, 0.15) is 21.5 Å². The van der Waals surface area contributed by atoms with Crippen LogP contribution in [0, 0.1) is 5.82 Å². The van der Waals surface area contributed by atoms with Gasteiger partial charge >= 0.3 is 0 Å². The van der Waals surface area contributed by atoms with Gasteiger partial charge in [0.15, 0.2) is 15.6 Å². The van der Waals surface area contributed by atoms with Gasteiger partial charge in [-0.15, -0.1) is 11.3 Å². The molecule has 2 heterocycles. The first kappa shape index (κ1) is 22.3. The summed E-state index contributed by atoms with van der Waals surface area (Å²) in [6.45, 7) is 0. The molecule has 2 amide bonds. The molecule has 32 heavy (non-hydrogen) atoms. The molecular weight excluding hydrogens is 477 g/mol. The number of carbonyl (C=O) groups is 3. The summed E-state index contributed by atoms with van der Waals surface area (Å²) in [4.78, 5) is 38.4. The van der Waals surface area contributed by atoms with Crippen LogP contribution in [0.4, 0.5) is 10.1 Å². The van der Waals surface area contributed by atoms with E-state index in [0.717, 1.165) is 22.3 Å². The topological polar surface area (TPSA) is 88.6 Å². The highest BCUT2D eigenvalue weighted by molar-refractivity contribution is 7.94. The van der Waals surface area contributed by atoms with E-state index in [1.54, 1.807) is 23.6 Å². The van der Waals surface area contributed by atoms with E-state index in [0.29, 0.717) is 10.6 Å². The molecule has 0 N–H and O–H groups in total. The van der Waals surface area contributed by atoms with Crippen molar-refractivity contribution in [3.8, 4) is 0 Å². The third kappa shape index (κ3) is 4.36. The fourth-order valence-corrected chi connectivity index (χ4v) is 5.97. The number of carbonyl (C=O) groups excluding carboxylic acids is 3. The summed E-state index contributed by atoms with van der Waals surface area (Å²) in [5.41, 5.74) is 0.718. The molecule has 1 aliphatic rings. The highest BCUT2D eigenvalue weighted by Gasteiger charge is 2.34. The van der Waals surface area contributed by atoms with E-state index >= 15 is 0 Å².